The monoisotopic (exact) mass is 331 g/mol. The fourth-order valence-electron chi connectivity index (χ4n) is 3.34. The molecule has 126 valence electrons. The number of fused-ring (bicyclic) bond motifs is 2. The van der Waals surface area contributed by atoms with E-state index in [4.69, 9.17) is 4.98 Å². The summed E-state index contributed by atoms with van der Waals surface area (Å²) in [6, 6.07) is 11.7. The summed E-state index contributed by atoms with van der Waals surface area (Å²) in [6.07, 6.45) is 7.60. The SMILES string of the molecule is CC1(C)CCn2c(nc3cc(C=Cc4ccccn4)ccc3c2=O)C1. The van der Waals surface area contributed by atoms with Gasteiger partial charge in [-0.15, -0.1) is 0 Å². The van der Waals surface area contributed by atoms with Crippen LogP contribution in [0.1, 0.15) is 37.4 Å². The number of aromatic nitrogens is 3. The zero-order valence-electron chi connectivity index (χ0n) is 14.6. The van der Waals surface area contributed by atoms with E-state index in [1.54, 1.807) is 6.20 Å². The number of hydrogen-bond acceptors (Lipinski definition) is 3. The van der Waals surface area contributed by atoms with Crippen molar-refractivity contribution in [2.75, 3.05) is 0 Å². The zero-order valence-corrected chi connectivity index (χ0v) is 14.6. The molecule has 0 fully saturated rings. The van der Waals surface area contributed by atoms with Gasteiger partial charge in [0.1, 0.15) is 5.82 Å². The molecule has 0 amide bonds. The normalized spacial score (nSPS) is 16.2. The highest BCUT2D eigenvalue weighted by atomic mass is 16.1. The van der Waals surface area contributed by atoms with Crippen molar-refractivity contribution in [3.8, 4) is 0 Å². The maximum Gasteiger partial charge on any atom is 0.261 e. The van der Waals surface area contributed by atoms with Crippen LogP contribution in [0.5, 0.6) is 0 Å². The Hall–Kier alpha value is -2.75. The number of rotatable bonds is 2. The molecule has 4 nitrogen and oxygen atoms in total. The van der Waals surface area contributed by atoms with Crippen LogP contribution in [0, 0.1) is 5.41 Å². The molecule has 0 aliphatic carbocycles. The van der Waals surface area contributed by atoms with Crippen molar-refractivity contribution >= 4 is 23.1 Å². The molecule has 0 saturated carbocycles. The predicted molar refractivity (Wildman–Crippen MR) is 101 cm³/mol. The van der Waals surface area contributed by atoms with Crippen LogP contribution in [0.3, 0.4) is 0 Å². The summed E-state index contributed by atoms with van der Waals surface area (Å²) < 4.78 is 1.84. The van der Waals surface area contributed by atoms with Gasteiger partial charge in [0.2, 0.25) is 0 Å². The van der Waals surface area contributed by atoms with Crippen molar-refractivity contribution < 1.29 is 0 Å². The Balaban J connectivity index is 1.76. The van der Waals surface area contributed by atoms with E-state index < -0.39 is 0 Å². The van der Waals surface area contributed by atoms with Crippen molar-refractivity contribution in [3.63, 3.8) is 0 Å². The van der Waals surface area contributed by atoms with Crippen LogP contribution in [0.4, 0.5) is 0 Å². The molecule has 1 aliphatic rings. The maximum atomic E-state index is 12.8. The van der Waals surface area contributed by atoms with Crippen molar-refractivity contribution in [2.24, 2.45) is 5.41 Å². The Labute approximate surface area is 146 Å². The molecule has 0 spiro atoms. The summed E-state index contributed by atoms with van der Waals surface area (Å²) in [5.74, 6) is 0.902. The van der Waals surface area contributed by atoms with Crippen LogP contribution < -0.4 is 5.56 Å². The smallest absolute Gasteiger partial charge is 0.261 e. The molecule has 0 bridgehead atoms. The molecule has 0 atom stereocenters. The summed E-state index contributed by atoms with van der Waals surface area (Å²) in [4.78, 5) is 21.9. The van der Waals surface area contributed by atoms with Crippen molar-refractivity contribution in [3.05, 3.63) is 70.0 Å². The summed E-state index contributed by atoms with van der Waals surface area (Å²) in [5, 5.41) is 0.693. The van der Waals surface area contributed by atoms with E-state index in [1.807, 2.05) is 53.1 Å². The lowest BCUT2D eigenvalue weighted by molar-refractivity contribution is 0.261. The van der Waals surface area contributed by atoms with Gasteiger partial charge in [0.25, 0.3) is 5.56 Å². The van der Waals surface area contributed by atoms with Crippen molar-refractivity contribution in [2.45, 2.75) is 33.2 Å². The third-order valence-electron chi connectivity index (χ3n) is 4.84. The van der Waals surface area contributed by atoms with Crippen LogP contribution in [0.2, 0.25) is 0 Å². The fourth-order valence-corrected chi connectivity index (χ4v) is 3.34. The summed E-state index contributed by atoms with van der Waals surface area (Å²) in [7, 11) is 0. The Bertz CT molecular complexity index is 1020. The van der Waals surface area contributed by atoms with Crippen molar-refractivity contribution in [1.82, 2.24) is 14.5 Å². The second-order valence-corrected chi connectivity index (χ2v) is 7.44. The molecule has 0 saturated heterocycles. The Morgan fingerprint density at radius 1 is 1.16 bits per heavy atom. The highest BCUT2D eigenvalue weighted by Gasteiger charge is 2.27. The third-order valence-corrected chi connectivity index (χ3v) is 4.84. The average molecular weight is 331 g/mol. The van der Waals surface area contributed by atoms with E-state index in [0.717, 1.165) is 42.0 Å². The predicted octanol–water partition coefficient (Wildman–Crippen LogP) is 3.93. The maximum absolute atomic E-state index is 12.8. The lowest BCUT2D eigenvalue weighted by atomic mass is 9.83. The lowest BCUT2D eigenvalue weighted by Gasteiger charge is -2.31. The summed E-state index contributed by atoms with van der Waals surface area (Å²) >= 11 is 0. The van der Waals surface area contributed by atoms with Gasteiger partial charge in [0.05, 0.1) is 16.6 Å². The minimum Gasteiger partial charge on any atom is -0.296 e. The molecule has 1 aliphatic heterocycles. The first kappa shape index (κ1) is 15.8. The van der Waals surface area contributed by atoms with E-state index in [-0.39, 0.29) is 11.0 Å². The molecule has 1 aromatic carbocycles. The van der Waals surface area contributed by atoms with Gasteiger partial charge in [0.15, 0.2) is 0 Å². The van der Waals surface area contributed by atoms with E-state index in [1.165, 1.54) is 0 Å². The minimum absolute atomic E-state index is 0.0794. The molecule has 4 heteroatoms. The summed E-state index contributed by atoms with van der Waals surface area (Å²) in [6.45, 7) is 5.23. The molecule has 0 unspecified atom stereocenters. The summed E-state index contributed by atoms with van der Waals surface area (Å²) in [5.41, 5.74) is 2.98. The number of hydrogen-bond donors (Lipinski definition) is 0. The second-order valence-electron chi connectivity index (χ2n) is 7.44. The van der Waals surface area contributed by atoms with Crippen LogP contribution in [0.15, 0.2) is 47.4 Å². The number of nitrogens with zero attached hydrogens (tertiary/aromatic N) is 3. The molecule has 2 aromatic heterocycles. The number of pyridine rings is 1. The second kappa shape index (κ2) is 5.96. The van der Waals surface area contributed by atoms with Crippen LogP contribution in [-0.2, 0) is 13.0 Å². The van der Waals surface area contributed by atoms with Crippen LogP contribution >= 0.6 is 0 Å². The first-order chi connectivity index (χ1) is 12.0. The first-order valence-electron chi connectivity index (χ1n) is 8.64. The van der Waals surface area contributed by atoms with E-state index in [0.29, 0.717) is 5.39 Å². The molecule has 0 radical (unpaired) electrons. The lowest BCUT2D eigenvalue weighted by Crippen LogP contribution is -2.35. The van der Waals surface area contributed by atoms with Gasteiger partial charge in [-0.2, -0.15) is 0 Å². The average Bonchev–Trinajstić information content (AvgIpc) is 2.60. The third kappa shape index (κ3) is 3.12. The quantitative estimate of drug-likeness (QED) is 0.715. The van der Waals surface area contributed by atoms with Crippen molar-refractivity contribution in [1.29, 1.82) is 0 Å². The van der Waals surface area contributed by atoms with Gasteiger partial charge < -0.3 is 0 Å². The molecule has 0 N–H and O–H groups in total. The molecule has 25 heavy (non-hydrogen) atoms. The van der Waals surface area contributed by atoms with Crippen LogP contribution in [-0.4, -0.2) is 14.5 Å². The molecular formula is C21H21N3O. The Morgan fingerprint density at radius 2 is 2.04 bits per heavy atom. The minimum atomic E-state index is 0.0794. The van der Waals surface area contributed by atoms with E-state index in [2.05, 4.69) is 18.8 Å². The van der Waals surface area contributed by atoms with E-state index in [9.17, 15) is 4.79 Å². The van der Waals surface area contributed by atoms with E-state index >= 15 is 0 Å². The van der Waals surface area contributed by atoms with Gasteiger partial charge in [-0.1, -0.05) is 32.1 Å². The highest BCUT2D eigenvalue weighted by molar-refractivity contribution is 5.82. The fraction of sp³-hybridized carbons (Fsp3) is 0.286. The standard InChI is InChI=1S/C21H21N3O/c1-21(2)10-12-24-19(14-21)23-18-13-15(7-9-17(18)20(24)25)6-8-16-5-3-4-11-22-16/h3-9,11,13H,10,12,14H2,1-2H3. The van der Waals surface area contributed by atoms with Gasteiger partial charge >= 0.3 is 0 Å². The highest BCUT2D eigenvalue weighted by Crippen LogP contribution is 2.30. The van der Waals surface area contributed by atoms with Crippen LogP contribution in [0.25, 0.3) is 23.1 Å². The Kier molecular flexibility index (Phi) is 3.75. The van der Waals surface area contributed by atoms with Gasteiger partial charge in [-0.3, -0.25) is 14.3 Å². The van der Waals surface area contributed by atoms with Gasteiger partial charge in [-0.25, -0.2) is 4.98 Å². The van der Waals surface area contributed by atoms with Gasteiger partial charge in [-0.05, 0) is 47.7 Å². The zero-order chi connectivity index (χ0) is 17.4. The van der Waals surface area contributed by atoms with Gasteiger partial charge in [0, 0.05) is 19.2 Å². The topological polar surface area (TPSA) is 47.8 Å². The largest absolute Gasteiger partial charge is 0.296 e. The molecular weight excluding hydrogens is 310 g/mol. The molecule has 3 heterocycles. The Morgan fingerprint density at radius 3 is 2.84 bits per heavy atom. The molecule has 3 aromatic rings. The first-order valence-corrected chi connectivity index (χ1v) is 8.64. The number of benzene rings is 1. The molecule has 4 rings (SSSR count).